The third-order valence-electron chi connectivity index (χ3n) is 3.96. The monoisotopic (exact) mass is 275 g/mol. The molecule has 1 fully saturated rings. The van der Waals surface area contributed by atoms with Gasteiger partial charge in [-0.1, -0.05) is 0 Å². The number of nitrogen functional groups attached to an aromatic ring is 1. The predicted octanol–water partition coefficient (Wildman–Crippen LogP) is 2.04. The molecule has 1 aromatic rings. The predicted molar refractivity (Wildman–Crippen MR) is 82.7 cm³/mol. The molecule has 0 bridgehead atoms. The van der Waals surface area contributed by atoms with Gasteiger partial charge >= 0.3 is 0 Å². The van der Waals surface area contributed by atoms with E-state index in [0.29, 0.717) is 23.2 Å². The normalized spacial score (nSPS) is 19.5. The maximum Gasteiger partial charge on any atom is 0.251 e. The minimum atomic E-state index is -0.0246. The van der Waals surface area contributed by atoms with E-state index in [2.05, 4.69) is 24.1 Å². The third kappa shape index (κ3) is 3.73. The molecule has 1 aliphatic heterocycles. The van der Waals surface area contributed by atoms with Crippen molar-refractivity contribution in [2.24, 2.45) is 5.92 Å². The summed E-state index contributed by atoms with van der Waals surface area (Å²) in [6, 6.07) is 6.07. The molecule has 3 N–H and O–H groups in total. The molecule has 0 aliphatic carbocycles. The Bertz CT molecular complexity index is 464. The van der Waals surface area contributed by atoms with E-state index in [-0.39, 0.29) is 5.91 Å². The molecule has 1 atom stereocenters. The van der Waals surface area contributed by atoms with Gasteiger partial charge in [0.2, 0.25) is 0 Å². The fourth-order valence-corrected chi connectivity index (χ4v) is 2.78. The van der Waals surface area contributed by atoms with Gasteiger partial charge in [0.15, 0.2) is 0 Å². The Morgan fingerprint density at radius 2 is 2.20 bits per heavy atom. The van der Waals surface area contributed by atoms with Crippen molar-refractivity contribution < 1.29 is 4.79 Å². The molecule has 1 aromatic carbocycles. The second-order valence-corrected chi connectivity index (χ2v) is 6.09. The number of anilines is 1. The van der Waals surface area contributed by atoms with Crippen LogP contribution in [0.2, 0.25) is 0 Å². The fourth-order valence-electron chi connectivity index (χ4n) is 2.78. The highest BCUT2D eigenvalue weighted by molar-refractivity contribution is 5.95. The van der Waals surface area contributed by atoms with Gasteiger partial charge in [-0.2, -0.15) is 0 Å². The lowest BCUT2D eigenvalue weighted by Crippen LogP contribution is -2.33. The molecule has 1 amide bonds. The second kappa shape index (κ2) is 6.27. The van der Waals surface area contributed by atoms with Gasteiger partial charge in [-0.15, -0.1) is 0 Å². The molecule has 0 spiro atoms. The van der Waals surface area contributed by atoms with Gasteiger partial charge in [0.05, 0.1) is 0 Å². The van der Waals surface area contributed by atoms with Crippen molar-refractivity contribution in [3.8, 4) is 0 Å². The maximum absolute atomic E-state index is 12.1. The quantitative estimate of drug-likeness (QED) is 0.827. The first-order chi connectivity index (χ1) is 9.45. The number of benzene rings is 1. The molecule has 0 radical (unpaired) electrons. The molecule has 20 heavy (non-hydrogen) atoms. The van der Waals surface area contributed by atoms with E-state index in [1.54, 1.807) is 6.07 Å². The number of nitrogens with one attached hydrogen (secondary N) is 1. The first-order valence-corrected chi connectivity index (χ1v) is 7.35. The molecule has 110 valence electrons. The molecule has 1 saturated heterocycles. The summed E-state index contributed by atoms with van der Waals surface area (Å²) in [6.07, 6.45) is 1.16. The molecule has 4 nitrogen and oxygen atoms in total. The Hall–Kier alpha value is -1.55. The van der Waals surface area contributed by atoms with Crippen LogP contribution in [0.4, 0.5) is 5.69 Å². The zero-order valence-electron chi connectivity index (χ0n) is 12.6. The lowest BCUT2D eigenvalue weighted by molar-refractivity contribution is 0.0947. The van der Waals surface area contributed by atoms with Crippen molar-refractivity contribution in [3.05, 3.63) is 29.3 Å². The van der Waals surface area contributed by atoms with Crippen LogP contribution in [0, 0.1) is 12.8 Å². The van der Waals surface area contributed by atoms with Gasteiger partial charge in [0, 0.05) is 30.4 Å². The molecular weight excluding hydrogens is 250 g/mol. The van der Waals surface area contributed by atoms with Crippen LogP contribution < -0.4 is 11.1 Å². The number of carbonyl (C=O) groups excluding carboxylic acids is 1. The summed E-state index contributed by atoms with van der Waals surface area (Å²) in [4.78, 5) is 14.6. The third-order valence-corrected chi connectivity index (χ3v) is 3.96. The number of hydrogen-bond donors (Lipinski definition) is 2. The van der Waals surface area contributed by atoms with Crippen LogP contribution in [0.3, 0.4) is 0 Å². The summed E-state index contributed by atoms with van der Waals surface area (Å²) in [5.74, 6) is 0.534. The highest BCUT2D eigenvalue weighted by Gasteiger charge is 2.24. The lowest BCUT2D eigenvalue weighted by Gasteiger charge is -2.20. The zero-order valence-corrected chi connectivity index (χ0v) is 12.6. The minimum absolute atomic E-state index is 0.0246. The Kier molecular flexibility index (Phi) is 4.65. The van der Waals surface area contributed by atoms with Crippen LogP contribution in [0.15, 0.2) is 18.2 Å². The van der Waals surface area contributed by atoms with E-state index in [1.807, 2.05) is 19.1 Å². The van der Waals surface area contributed by atoms with Crippen molar-refractivity contribution in [2.45, 2.75) is 33.2 Å². The van der Waals surface area contributed by atoms with Crippen molar-refractivity contribution >= 4 is 11.6 Å². The average molecular weight is 275 g/mol. The van der Waals surface area contributed by atoms with Crippen LogP contribution in [0.25, 0.3) is 0 Å². The number of likely N-dealkylation sites (tertiary alicyclic amines) is 1. The SMILES string of the molecule is Cc1cc(N)cc(C(=O)NCC2CCN(C(C)C)C2)c1. The van der Waals surface area contributed by atoms with Crippen LogP contribution >= 0.6 is 0 Å². The first kappa shape index (κ1) is 14.9. The largest absolute Gasteiger partial charge is 0.399 e. The van der Waals surface area contributed by atoms with Gasteiger partial charge < -0.3 is 16.0 Å². The van der Waals surface area contributed by atoms with Crippen LogP contribution in [0.5, 0.6) is 0 Å². The number of nitrogens with two attached hydrogens (primary N) is 1. The van der Waals surface area contributed by atoms with E-state index >= 15 is 0 Å². The summed E-state index contributed by atoms with van der Waals surface area (Å²) >= 11 is 0. The summed E-state index contributed by atoms with van der Waals surface area (Å²) in [5.41, 5.74) is 8.09. The van der Waals surface area contributed by atoms with Crippen molar-refractivity contribution in [3.63, 3.8) is 0 Å². The standard InChI is InChI=1S/C16H25N3O/c1-11(2)19-5-4-13(10-19)9-18-16(20)14-6-12(3)7-15(17)8-14/h6-8,11,13H,4-5,9-10,17H2,1-3H3,(H,18,20). The molecule has 1 heterocycles. The first-order valence-electron chi connectivity index (χ1n) is 7.35. The summed E-state index contributed by atoms with van der Waals surface area (Å²) in [7, 11) is 0. The minimum Gasteiger partial charge on any atom is -0.399 e. The van der Waals surface area contributed by atoms with Gasteiger partial charge in [0.25, 0.3) is 5.91 Å². The van der Waals surface area contributed by atoms with Crippen molar-refractivity contribution in [1.29, 1.82) is 0 Å². The Labute approximate surface area is 121 Å². The average Bonchev–Trinajstić information content (AvgIpc) is 2.83. The number of amides is 1. The van der Waals surface area contributed by atoms with Gasteiger partial charge in [0.1, 0.15) is 0 Å². The van der Waals surface area contributed by atoms with Gasteiger partial charge in [-0.25, -0.2) is 0 Å². The molecule has 0 saturated carbocycles. The number of nitrogens with zero attached hydrogens (tertiary/aromatic N) is 1. The summed E-state index contributed by atoms with van der Waals surface area (Å²) in [5, 5.41) is 3.03. The Morgan fingerprint density at radius 3 is 2.80 bits per heavy atom. The molecule has 2 rings (SSSR count). The molecular formula is C16H25N3O. The molecule has 0 aromatic heterocycles. The maximum atomic E-state index is 12.1. The molecule has 1 aliphatic rings. The zero-order chi connectivity index (χ0) is 14.7. The molecule has 4 heteroatoms. The smallest absolute Gasteiger partial charge is 0.251 e. The number of rotatable bonds is 4. The number of hydrogen-bond acceptors (Lipinski definition) is 3. The highest BCUT2D eigenvalue weighted by Crippen LogP contribution is 2.18. The molecule has 1 unspecified atom stereocenters. The Balaban J connectivity index is 1.87. The highest BCUT2D eigenvalue weighted by atomic mass is 16.1. The lowest BCUT2D eigenvalue weighted by atomic mass is 10.1. The van der Waals surface area contributed by atoms with Gasteiger partial charge in [-0.3, -0.25) is 4.79 Å². The van der Waals surface area contributed by atoms with E-state index in [9.17, 15) is 4.79 Å². The van der Waals surface area contributed by atoms with Gasteiger partial charge in [-0.05, 0) is 63.4 Å². The summed E-state index contributed by atoms with van der Waals surface area (Å²) < 4.78 is 0. The Morgan fingerprint density at radius 1 is 1.45 bits per heavy atom. The number of aryl methyl sites for hydroxylation is 1. The number of carbonyl (C=O) groups is 1. The van der Waals surface area contributed by atoms with Crippen LogP contribution in [-0.4, -0.2) is 36.5 Å². The topological polar surface area (TPSA) is 58.4 Å². The summed E-state index contributed by atoms with van der Waals surface area (Å²) in [6.45, 7) is 9.34. The van der Waals surface area contributed by atoms with Crippen LogP contribution in [0.1, 0.15) is 36.2 Å². The van der Waals surface area contributed by atoms with Crippen molar-refractivity contribution in [1.82, 2.24) is 10.2 Å². The van der Waals surface area contributed by atoms with Crippen LogP contribution in [-0.2, 0) is 0 Å². The fraction of sp³-hybridized carbons (Fsp3) is 0.562. The second-order valence-electron chi connectivity index (χ2n) is 6.09. The van der Waals surface area contributed by atoms with E-state index in [4.69, 9.17) is 5.73 Å². The van der Waals surface area contributed by atoms with Crippen molar-refractivity contribution in [2.75, 3.05) is 25.4 Å². The van der Waals surface area contributed by atoms with E-state index < -0.39 is 0 Å². The van der Waals surface area contributed by atoms with E-state index in [0.717, 1.165) is 31.6 Å². The van der Waals surface area contributed by atoms with E-state index in [1.165, 1.54) is 0 Å².